The van der Waals surface area contributed by atoms with Gasteiger partial charge in [-0.3, -0.25) is 9.69 Å². The van der Waals surface area contributed by atoms with E-state index in [1.807, 2.05) is 51.1 Å². The zero-order valence-electron chi connectivity index (χ0n) is 25.6. The summed E-state index contributed by atoms with van der Waals surface area (Å²) in [6.07, 6.45) is -1.79. The number of hydrogen-bond donors (Lipinski definition) is 1. The van der Waals surface area contributed by atoms with Crippen LogP contribution in [0, 0.1) is 6.92 Å². The van der Waals surface area contributed by atoms with E-state index >= 15 is 0 Å². The van der Waals surface area contributed by atoms with Crippen molar-refractivity contribution in [3.05, 3.63) is 95.6 Å². The number of urea groups is 1. The second kappa shape index (κ2) is 15.5. The number of nitrogens with zero attached hydrogens (tertiary/aromatic N) is 5. The predicted molar refractivity (Wildman–Crippen MR) is 172 cm³/mol. The second-order valence-electron chi connectivity index (χ2n) is 10.0. The minimum absolute atomic E-state index is 0.235. The molecule has 1 N–H and O–H groups in total. The molecule has 0 saturated carbocycles. The number of ether oxygens (including phenoxy) is 2. The first kappa shape index (κ1) is 34.2. The number of methoxy groups -OCH3 is 1. The number of halogens is 3. The number of carbonyl (C=O) groups excluding carboxylic acids is 2. The van der Waals surface area contributed by atoms with Crippen LogP contribution < -0.4 is 15.0 Å². The zero-order chi connectivity index (χ0) is 33.3. The van der Waals surface area contributed by atoms with Gasteiger partial charge in [0.05, 0.1) is 17.5 Å². The molecule has 1 aromatic heterocycles. The molecule has 3 amide bonds. The van der Waals surface area contributed by atoms with Crippen molar-refractivity contribution in [2.75, 3.05) is 23.1 Å². The van der Waals surface area contributed by atoms with Crippen LogP contribution in [0.2, 0.25) is 0 Å². The summed E-state index contributed by atoms with van der Waals surface area (Å²) < 4.78 is 48.0. The summed E-state index contributed by atoms with van der Waals surface area (Å²) in [5, 5.41) is 7.39. The van der Waals surface area contributed by atoms with Crippen molar-refractivity contribution in [3.8, 4) is 11.4 Å². The summed E-state index contributed by atoms with van der Waals surface area (Å²) in [7, 11) is 1.59. The Kier molecular flexibility index (Phi) is 11.6. The summed E-state index contributed by atoms with van der Waals surface area (Å²) in [5.74, 6) is 0.821. The number of hydrogen-bond acceptors (Lipinski definition) is 7. The third-order valence-corrected chi connectivity index (χ3v) is 7.57. The Morgan fingerprint density at radius 1 is 1.11 bits per heavy atom. The Morgan fingerprint density at radius 2 is 1.83 bits per heavy atom. The molecule has 0 aliphatic heterocycles. The maximum atomic E-state index is 12.9. The quantitative estimate of drug-likeness (QED) is 0.103. The molecule has 10 nitrogen and oxygen atoms in total. The number of aryl methyl sites for hydroxylation is 3. The minimum Gasteiger partial charge on any atom is -0.406 e. The summed E-state index contributed by atoms with van der Waals surface area (Å²) >= 11 is 1.27. The molecule has 0 radical (unpaired) electrons. The van der Waals surface area contributed by atoms with Crippen molar-refractivity contribution in [1.82, 2.24) is 14.8 Å². The van der Waals surface area contributed by atoms with Gasteiger partial charge in [0.2, 0.25) is 6.41 Å². The largest absolute Gasteiger partial charge is 0.573 e. The van der Waals surface area contributed by atoms with Crippen LogP contribution in [0.1, 0.15) is 42.5 Å². The Balaban J connectivity index is 1.38. The first-order valence-corrected chi connectivity index (χ1v) is 15.2. The normalized spacial score (nSPS) is 12.5. The highest BCUT2D eigenvalue weighted by atomic mass is 32.2. The van der Waals surface area contributed by atoms with Gasteiger partial charge < -0.3 is 14.8 Å². The van der Waals surface area contributed by atoms with Gasteiger partial charge in [0.15, 0.2) is 11.0 Å². The highest BCUT2D eigenvalue weighted by Gasteiger charge is 2.31. The van der Waals surface area contributed by atoms with Crippen LogP contribution in [0.5, 0.6) is 5.75 Å². The van der Waals surface area contributed by atoms with Crippen LogP contribution >= 0.6 is 11.8 Å². The van der Waals surface area contributed by atoms with Crippen molar-refractivity contribution in [2.45, 2.75) is 46.1 Å². The Morgan fingerprint density at radius 3 is 2.46 bits per heavy atom. The number of rotatable bonds is 11. The highest BCUT2D eigenvalue weighted by Crippen LogP contribution is 2.31. The summed E-state index contributed by atoms with van der Waals surface area (Å²) in [6, 6.07) is 17.6. The Hall–Kier alpha value is -4.69. The van der Waals surface area contributed by atoms with Crippen LogP contribution in [-0.4, -0.2) is 51.6 Å². The molecule has 1 unspecified atom stereocenters. The van der Waals surface area contributed by atoms with Gasteiger partial charge in [-0.2, -0.15) is 10.1 Å². The lowest BCUT2D eigenvalue weighted by Crippen LogP contribution is -2.30. The van der Waals surface area contributed by atoms with E-state index in [1.165, 1.54) is 51.9 Å². The zero-order valence-corrected chi connectivity index (χ0v) is 26.4. The fourth-order valence-corrected chi connectivity index (χ4v) is 5.09. The minimum atomic E-state index is -4.76. The van der Waals surface area contributed by atoms with E-state index in [9.17, 15) is 22.8 Å². The number of aliphatic imine (C=N–C) groups is 1. The number of aromatic nitrogens is 3. The number of anilines is 2. The second-order valence-corrected chi connectivity index (χ2v) is 11.2. The number of carbonyl (C=O) groups is 2. The summed E-state index contributed by atoms with van der Waals surface area (Å²) in [5.41, 5.74) is 4.36. The van der Waals surface area contributed by atoms with Crippen LogP contribution in [0.15, 0.2) is 78.0 Å². The number of nitrogens with one attached hydrogen (secondary N) is 1. The third-order valence-electron chi connectivity index (χ3n) is 6.74. The van der Waals surface area contributed by atoms with Crippen LogP contribution in [0.3, 0.4) is 0 Å². The standard InChI is InChI=1S/C32H33F3N6O4S/c1-5-46-31(40(20-42)28-18-21(2)6-16-27(28)22(3)44-4)38-30(43)37-24-10-7-23(8-11-24)9-17-29-36-19-41(39-29)25-12-14-26(15-13-25)45-32(33,34)35/h6-8,10-16,18-20,22H,5,9,17H2,1-4H3,(H,37,43)/b38-31-. The molecule has 0 saturated heterocycles. The van der Waals surface area contributed by atoms with E-state index in [2.05, 4.69) is 25.1 Å². The molecular formula is C32H33F3N6O4S. The molecule has 14 heteroatoms. The lowest BCUT2D eigenvalue weighted by atomic mass is 10.0. The van der Waals surface area contributed by atoms with Gasteiger partial charge in [-0.05, 0) is 79.6 Å². The van der Waals surface area contributed by atoms with Crippen LogP contribution in [0.25, 0.3) is 5.69 Å². The van der Waals surface area contributed by atoms with E-state index in [0.717, 1.165) is 16.7 Å². The first-order valence-electron chi connectivity index (χ1n) is 14.3. The van der Waals surface area contributed by atoms with Gasteiger partial charge in [0, 0.05) is 24.8 Å². The van der Waals surface area contributed by atoms with Gasteiger partial charge in [-0.1, -0.05) is 43.0 Å². The van der Waals surface area contributed by atoms with Crippen molar-refractivity contribution >= 4 is 40.7 Å². The average Bonchev–Trinajstić information content (AvgIpc) is 3.49. The number of thioether (sulfide) groups is 1. The van der Waals surface area contributed by atoms with Gasteiger partial charge in [-0.15, -0.1) is 13.2 Å². The number of benzene rings is 3. The molecular weight excluding hydrogens is 621 g/mol. The van der Waals surface area contributed by atoms with E-state index in [4.69, 9.17) is 4.74 Å². The Labute approximate surface area is 268 Å². The van der Waals surface area contributed by atoms with Crippen molar-refractivity contribution in [3.63, 3.8) is 0 Å². The van der Waals surface area contributed by atoms with Crippen LogP contribution in [0.4, 0.5) is 29.3 Å². The van der Waals surface area contributed by atoms with Gasteiger partial charge >= 0.3 is 12.4 Å². The van der Waals surface area contributed by atoms with Crippen LogP contribution in [-0.2, 0) is 22.4 Å². The molecule has 4 aromatic rings. The molecule has 3 aromatic carbocycles. The third kappa shape index (κ3) is 9.41. The number of amides is 3. The van der Waals surface area contributed by atoms with Gasteiger partial charge in [0.1, 0.15) is 12.1 Å². The molecule has 1 heterocycles. The number of alkyl halides is 3. The van der Waals surface area contributed by atoms with E-state index < -0.39 is 12.4 Å². The lowest BCUT2D eigenvalue weighted by Gasteiger charge is -2.24. The topological polar surface area (TPSA) is 111 Å². The molecule has 0 bridgehead atoms. The molecule has 46 heavy (non-hydrogen) atoms. The fraction of sp³-hybridized carbons (Fsp3) is 0.281. The number of amidine groups is 1. The van der Waals surface area contributed by atoms with Gasteiger partial charge in [0.25, 0.3) is 0 Å². The summed E-state index contributed by atoms with van der Waals surface area (Å²) in [4.78, 5) is 35.1. The lowest BCUT2D eigenvalue weighted by molar-refractivity contribution is -0.274. The van der Waals surface area contributed by atoms with Gasteiger partial charge in [-0.25, -0.2) is 14.5 Å². The predicted octanol–water partition coefficient (Wildman–Crippen LogP) is 7.27. The van der Waals surface area contributed by atoms with Crippen molar-refractivity contribution < 1.29 is 32.2 Å². The molecule has 4 rings (SSSR count). The Bertz CT molecular complexity index is 1660. The molecule has 1 atom stereocenters. The first-order chi connectivity index (χ1) is 22.0. The smallest absolute Gasteiger partial charge is 0.406 e. The summed E-state index contributed by atoms with van der Waals surface area (Å²) in [6.45, 7) is 5.70. The van der Waals surface area contributed by atoms with E-state index in [1.54, 1.807) is 19.2 Å². The highest BCUT2D eigenvalue weighted by molar-refractivity contribution is 8.14. The fourth-order valence-electron chi connectivity index (χ4n) is 4.41. The van der Waals surface area contributed by atoms with Crippen molar-refractivity contribution in [1.29, 1.82) is 0 Å². The maximum absolute atomic E-state index is 12.9. The molecule has 0 aliphatic carbocycles. The molecule has 0 fully saturated rings. The monoisotopic (exact) mass is 654 g/mol. The maximum Gasteiger partial charge on any atom is 0.573 e. The SMILES string of the molecule is CCS/C(=N\C(=O)Nc1ccc(CCc2ncn(-c3ccc(OC(F)(F)F)cc3)n2)cc1)N(C=O)c1cc(C)ccc1C(C)OC. The average molecular weight is 655 g/mol. The van der Waals surface area contributed by atoms with Crippen molar-refractivity contribution in [2.24, 2.45) is 4.99 Å². The van der Waals surface area contributed by atoms with E-state index in [0.29, 0.717) is 47.9 Å². The molecule has 0 aliphatic rings. The van der Waals surface area contributed by atoms with E-state index in [-0.39, 0.29) is 17.0 Å². The molecule has 242 valence electrons. The molecule has 0 spiro atoms.